The molecule has 2 N–H and O–H groups in total. The number of aromatic amines is 1. The second kappa shape index (κ2) is 4.70. The van der Waals surface area contributed by atoms with Crippen LogP contribution in [0.5, 0.6) is 0 Å². The lowest BCUT2D eigenvalue weighted by atomic mass is 10.2. The molecule has 4 heteroatoms. The van der Waals surface area contributed by atoms with Crippen LogP contribution < -0.4 is 5.32 Å². The van der Waals surface area contributed by atoms with Crippen LogP contribution in [-0.4, -0.2) is 9.97 Å². The molecule has 18 heavy (non-hydrogen) atoms. The van der Waals surface area contributed by atoms with Crippen LogP contribution in [0.15, 0.2) is 48.7 Å². The molecule has 0 radical (unpaired) electrons. The average Bonchev–Trinajstić information content (AvgIpc) is 2.84. The molecule has 3 aromatic rings. The molecule has 0 unspecified atom stereocenters. The van der Waals surface area contributed by atoms with Crippen molar-refractivity contribution >= 4 is 28.5 Å². The molecule has 0 aliphatic carbocycles. The second-order valence-corrected chi connectivity index (χ2v) is 4.53. The van der Waals surface area contributed by atoms with Gasteiger partial charge in [-0.05, 0) is 35.9 Å². The van der Waals surface area contributed by atoms with Crippen molar-refractivity contribution in [3.8, 4) is 0 Å². The van der Waals surface area contributed by atoms with E-state index in [1.54, 1.807) is 0 Å². The Balaban J connectivity index is 1.76. The number of anilines is 1. The maximum Gasteiger partial charge on any atom is 0.139 e. The van der Waals surface area contributed by atoms with Crippen LogP contribution in [0.1, 0.15) is 5.56 Å². The van der Waals surface area contributed by atoms with E-state index >= 15 is 0 Å². The summed E-state index contributed by atoms with van der Waals surface area (Å²) in [5, 5.41) is 5.15. The minimum absolute atomic E-state index is 0.708. The van der Waals surface area contributed by atoms with Crippen molar-refractivity contribution in [2.24, 2.45) is 0 Å². The van der Waals surface area contributed by atoms with Gasteiger partial charge in [0, 0.05) is 23.2 Å². The Morgan fingerprint density at radius 1 is 1.17 bits per heavy atom. The Morgan fingerprint density at radius 2 is 2.11 bits per heavy atom. The first-order valence-electron chi connectivity index (χ1n) is 5.74. The van der Waals surface area contributed by atoms with Gasteiger partial charge in [0.15, 0.2) is 0 Å². The summed E-state index contributed by atoms with van der Waals surface area (Å²) in [6.07, 6.45) is 1.89. The predicted molar refractivity (Wildman–Crippen MR) is 74.9 cm³/mol. The van der Waals surface area contributed by atoms with Gasteiger partial charge in [-0.25, -0.2) is 4.98 Å². The summed E-state index contributed by atoms with van der Waals surface area (Å²) in [4.78, 5) is 7.57. The normalized spacial score (nSPS) is 10.7. The number of halogens is 1. The second-order valence-electron chi connectivity index (χ2n) is 4.10. The third-order valence-electron chi connectivity index (χ3n) is 2.77. The summed E-state index contributed by atoms with van der Waals surface area (Å²) >= 11 is 5.94. The minimum atomic E-state index is 0.708. The molecule has 0 fully saturated rings. The quantitative estimate of drug-likeness (QED) is 0.749. The number of fused-ring (bicyclic) bond motifs is 1. The zero-order valence-corrected chi connectivity index (χ0v) is 10.4. The van der Waals surface area contributed by atoms with Crippen molar-refractivity contribution in [1.29, 1.82) is 0 Å². The SMILES string of the molecule is Clc1cccc(CNc2ccc3cc[nH]c3n2)c1. The lowest BCUT2D eigenvalue weighted by molar-refractivity contribution is 1.12. The highest BCUT2D eigenvalue weighted by Crippen LogP contribution is 2.15. The largest absolute Gasteiger partial charge is 0.366 e. The van der Waals surface area contributed by atoms with Crippen LogP contribution in [0.25, 0.3) is 11.0 Å². The highest BCUT2D eigenvalue weighted by Gasteiger charge is 1.99. The van der Waals surface area contributed by atoms with E-state index in [4.69, 9.17) is 11.6 Å². The van der Waals surface area contributed by atoms with Crippen LogP contribution in [0.4, 0.5) is 5.82 Å². The fourth-order valence-corrected chi connectivity index (χ4v) is 2.08. The van der Waals surface area contributed by atoms with Crippen LogP contribution in [0.2, 0.25) is 5.02 Å². The van der Waals surface area contributed by atoms with E-state index in [2.05, 4.69) is 15.3 Å². The molecule has 0 spiro atoms. The van der Waals surface area contributed by atoms with Gasteiger partial charge in [0.05, 0.1) is 0 Å². The molecule has 0 saturated heterocycles. The highest BCUT2D eigenvalue weighted by molar-refractivity contribution is 6.30. The Labute approximate surface area is 110 Å². The lowest BCUT2D eigenvalue weighted by Crippen LogP contribution is -2.01. The number of rotatable bonds is 3. The molecule has 90 valence electrons. The van der Waals surface area contributed by atoms with E-state index < -0.39 is 0 Å². The van der Waals surface area contributed by atoms with Gasteiger partial charge in [-0.1, -0.05) is 23.7 Å². The van der Waals surface area contributed by atoms with Gasteiger partial charge < -0.3 is 10.3 Å². The van der Waals surface area contributed by atoms with Gasteiger partial charge in [0.2, 0.25) is 0 Å². The number of H-pyrrole nitrogens is 1. The zero-order chi connectivity index (χ0) is 12.4. The van der Waals surface area contributed by atoms with Crippen molar-refractivity contribution in [1.82, 2.24) is 9.97 Å². The maximum absolute atomic E-state index is 5.94. The Bertz CT molecular complexity index is 675. The number of nitrogens with one attached hydrogen (secondary N) is 2. The average molecular weight is 258 g/mol. The number of aromatic nitrogens is 2. The van der Waals surface area contributed by atoms with E-state index in [-0.39, 0.29) is 0 Å². The van der Waals surface area contributed by atoms with Crippen molar-refractivity contribution in [2.45, 2.75) is 6.54 Å². The van der Waals surface area contributed by atoms with E-state index in [0.29, 0.717) is 6.54 Å². The molecule has 0 amide bonds. The summed E-state index contributed by atoms with van der Waals surface area (Å²) in [5.41, 5.74) is 2.03. The van der Waals surface area contributed by atoms with E-state index in [1.807, 2.05) is 48.7 Å². The van der Waals surface area contributed by atoms with Gasteiger partial charge in [-0.2, -0.15) is 0 Å². The summed E-state index contributed by atoms with van der Waals surface area (Å²) in [7, 11) is 0. The van der Waals surface area contributed by atoms with Crippen molar-refractivity contribution < 1.29 is 0 Å². The lowest BCUT2D eigenvalue weighted by Gasteiger charge is -2.06. The van der Waals surface area contributed by atoms with Crippen LogP contribution in [0.3, 0.4) is 0 Å². The van der Waals surface area contributed by atoms with E-state index in [1.165, 1.54) is 0 Å². The monoisotopic (exact) mass is 257 g/mol. The number of nitrogens with zero attached hydrogens (tertiary/aromatic N) is 1. The first kappa shape index (κ1) is 11.1. The summed E-state index contributed by atoms with van der Waals surface area (Å²) in [5.74, 6) is 0.852. The van der Waals surface area contributed by atoms with Gasteiger partial charge in [0.25, 0.3) is 0 Å². The molecule has 3 nitrogen and oxygen atoms in total. The number of hydrogen-bond acceptors (Lipinski definition) is 2. The number of pyridine rings is 1. The molecule has 0 saturated carbocycles. The topological polar surface area (TPSA) is 40.7 Å². The van der Waals surface area contributed by atoms with Crippen LogP contribution >= 0.6 is 11.6 Å². The van der Waals surface area contributed by atoms with Gasteiger partial charge in [-0.15, -0.1) is 0 Å². The number of hydrogen-bond donors (Lipinski definition) is 2. The Morgan fingerprint density at radius 3 is 3.00 bits per heavy atom. The van der Waals surface area contributed by atoms with Crippen molar-refractivity contribution in [2.75, 3.05) is 5.32 Å². The third kappa shape index (κ3) is 2.31. The van der Waals surface area contributed by atoms with Crippen molar-refractivity contribution in [3.05, 3.63) is 59.2 Å². The minimum Gasteiger partial charge on any atom is -0.366 e. The Hall–Kier alpha value is -2.00. The molecular weight excluding hydrogens is 246 g/mol. The molecule has 3 rings (SSSR count). The molecule has 2 heterocycles. The van der Waals surface area contributed by atoms with E-state index in [0.717, 1.165) is 27.4 Å². The predicted octanol–water partition coefficient (Wildman–Crippen LogP) is 3.83. The van der Waals surface area contributed by atoms with Gasteiger partial charge >= 0.3 is 0 Å². The molecule has 0 aliphatic heterocycles. The van der Waals surface area contributed by atoms with Crippen molar-refractivity contribution in [3.63, 3.8) is 0 Å². The molecule has 1 aromatic carbocycles. The number of benzene rings is 1. The maximum atomic E-state index is 5.94. The fraction of sp³-hybridized carbons (Fsp3) is 0.0714. The highest BCUT2D eigenvalue weighted by atomic mass is 35.5. The molecule has 0 atom stereocenters. The fourth-order valence-electron chi connectivity index (χ4n) is 1.87. The summed E-state index contributed by atoms with van der Waals surface area (Å²) in [6.45, 7) is 0.708. The summed E-state index contributed by atoms with van der Waals surface area (Å²) in [6, 6.07) is 13.8. The Kier molecular flexibility index (Phi) is 2.90. The molecule has 0 aliphatic rings. The van der Waals surface area contributed by atoms with Gasteiger partial charge in [0.1, 0.15) is 11.5 Å². The van der Waals surface area contributed by atoms with Gasteiger partial charge in [-0.3, -0.25) is 0 Å². The van der Waals surface area contributed by atoms with E-state index in [9.17, 15) is 0 Å². The first-order valence-corrected chi connectivity index (χ1v) is 6.11. The molecule has 2 aromatic heterocycles. The first-order chi connectivity index (χ1) is 8.81. The summed E-state index contributed by atoms with van der Waals surface area (Å²) < 4.78 is 0. The van der Waals surface area contributed by atoms with Crippen LogP contribution in [-0.2, 0) is 6.54 Å². The van der Waals surface area contributed by atoms with Crippen LogP contribution in [0, 0.1) is 0 Å². The zero-order valence-electron chi connectivity index (χ0n) is 9.65. The standard InChI is InChI=1S/C14H12ClN3/c15-12-3-1-2-10(8-12)9-17-13-5-4-11-6-7-16-14(11)18-13/h1-8H,9H2,(H2,16,17,18). The molecule has 0 bridgehead atoms. The third-order valence-corrected chi connectivity index (χ3v) is 3.01. The molecular formula is C14H12ClN3. The smallest absolute Gasteiger partial charge is 0.139 e.